The zero-order chi connectivity index (χ0) is 25.3. The van der Waals surface area contributed by atoms with Crippen LogP contribution in [0.2, 0.25) is 0 Å². The predicted molar refractivity (Wildman–Crippen MR) is 144 cm³/mol. The molecule has 36 heavy (non-hydrogen) atoms. The third-order valence-corrected chi connectivity index (χ3v) is 7.25. The molecule has 2 fully saturated rings. The number of aromatic nitrogens is 3. The number of hydrazine groups is 1. The van der Waals surface area contributed by atoms with Gasteiger partial charge in [-0.15, -0.1) is 12.4 Å². The van der Waals surface area contributed by atoms with Crippen molar-refractivity contribution in [1.29, 1.82) is 0 Å². The van der Waals surface area contributed by atoms with Gasteiger partial charge in [0.25, 0.3) is 0 Å². The number of piperidine rings is 2. The Kier molecular flexibility index (Phi) is 8.80. The van der Waals surface area contributed by atoms with Crippen LogP contribution in [0.3, 0.4) is 0 Å². The fourth-order valence-corrected chi connectivity index (χ4v) is 5.21. The molecule has 2 aliphatic heterocycles. The van der Waals surface area contributed by atoms with E-state index in [4.69, 9.17) is 27.9 Å². The predicted octanol–water partition coefficient (Wildman–Crippen LogP) is -0.826. The number of benzene rings is 1. The second-order valence-electron chi connectivity index (χ2n) is 9.58. The molecule has 200 valence electrons. The van der Waals surface area contributed by atoms with Crippen molar-refractivity contribution in [2.45, 2.75) is 48.8 Å². The molecule has 2 aromatic rings. The number of aryl methyl sites for hydroxylation is 1. The van der Waals surface area contributed by atoms with Gasteiger partial charge in [-0.2, -0.15) is 15.0 Å². The van der Waals surface area contributed by atoms with E-state index in [9.17, 15) is 8.42 Å². The summed E-state index contributed by atoms with van der Waals surface area (Å²) in [5.41, 5.74) is 32.3. The smallest absolute Gasteiger partial charge is 0.248 e. The molecule has 0 saturated carbocycles. The van der Waals surface area contributed by atoms with Crippen LogP contribution in [0.4, 0.5) is 23.5 Å². The minimum Gasteiger partial charge on any atom is -0.338 e. The van der Waals surface area contributed by atoms with E-state index in [-0.39, 0.29) is 47.4 Å². The highest BCUT2D eigenvalue weighted by Crippen LogP contribution is 2.23. The minimum absolute atomic E-state index is 0. The van der Waals surface area contributed by atoms with Crippen molar-refractivity contribution in [2.75, 3.05) is 53.1 Å². The number of anilines is 4. The molecule has 15 heteroatoms. The third-order valence-electron chi connectivity index (χ3n) is 6.14. The van der Waals surface area contributed by atoms with Crippen LogP contribution in [-0.2, 0) is 9.84 Å². The fraction of sp³-hybridized carbons (Fsp3) is 0.571. The Balaban J connectivity index is 0.00000361. The second kappa shape index (κ2) is 11.3. The Hall–Kier alpha value is -2.49. The maximum absolute atomic E-state index is 11.8. The van der Waals surface area contributed by atoms with E-state index in [1.54, 1.807) is 18.2 Å². The Morgan fingerprint density at radius 2 is 1.31 bits per heavy atom. The van der Waals surface area contributed by atoms with Gasteiger partial charge in [-0.05, 0) is 43.5 Å². The first kappa shape index (κ1) is 28.1. The van der Waals surface area contributed by atoms with Crippen LogP contribution in [0.25, 0.3) is 0 Å². The van der Waals surface area contributed by atoms with E-state index in [1.165, 1.54) is 6.26 Å². The second-order valence-corrected chi connectivity index (χ2v) is 11.6. The summed E-state index contributed by atoms with van der Waals surface area (Å²) in [6.07, 6.45) is 2.65. The summed E-state index contributed by atoms with van der Waals surface area (Å²) in [5.74, 6) is 1.21. The highest BCUT2D eigenvalue weighted by molar-refractivity contribution is 7.90. The molecule has 0 aliphatic carbocycles. The lowest BCUT2D eigenvalue weighted by molar-refractivity contribution is 0.441. The number of hydrogen-bond acceptors (Lipinski definition) is 13. The van der Waals surface area contributed by atoms with Crippen LogP contribution in [0, 0.1) is 6.92 Å². The largest absolute Gasteiger partial charge is 0.338 e. The molecule has 10 N–H and O–H groups in total. The van der Waals surface area contributed by atoms with Crippen LogP contribution >= 0.6 is 12.4 Å². The summed E-state index contributed by atoms with van der Waals surface area (Å²) in [4.78, 5) is 18.1. The van der Waals surface area contributed by atoms with Crippen LogP contribution in [0.1, 0.15) is 18.4 Å². The lowest BCUT2D eigenvalue weighted by Crippen LogP contribution is -2.54. The molecular weight excluding hydrogens is 506 g/mol. The monoisotopic (exact) mass is 541 g/mol. The molecular formula is C21H36ClN11O2S. The van der Waals surface area contributed by atoms with E-state index < -0.39 is 9.84 Å². The minimum atomic E-state index is -3.30. The van der Waals surface area contributed by atoms with E-state index >= 15 is 0 Å². The van der Waals surface area contributed by atoms with Gasteiger partial charge in [-0.3, -0.25) is 10.9 Å². The zero-order valence-corrected chi connectivity index (χ0v) is 22.1. The van der Waals surface area contributed by atoms with Crippen LogP contribution < -0.4 is 43.6 Å². The van der Waals surface area contributed by atoms with Crippen LogP contribution in [0.15, 0.2) is 23.1 Å². The van der Waals surface area contributed by atoms with Crippen LogP contribution in [0.5, 0.6) is 0 Å². The van der Waals surface area contributed by atoms with E-state index in [0.29, 0.717) is 43.8 Å². The maximum Gasteiger partial charge on any atom is 0.248 e. The van der Waals surface area contributed by atoms with E-state index in [0.717, 1.165) is 18.4 Å². The van der Waals surface area contributed by atoms with Gasteiger partial charge in [0.05, 0.1) is 10.6 Å². The van der Waals surface area contributed by atoms with Gasteiger partial charge in [0.15, 0.2) is 9.84 Å². The van der Waals surface area contributed by atoms with Crippen molar-refractivity contribution in [3.63, 3.8) is 0 Å². The summed E-state index contributed by atoms with van der Waals surface area (Å²) >= 11 is 0. The molecule has 0 unspecified atom stereocenters. The number of nitrogens with one attached hydrogen (secondary N) is 2. The topological polar surface area (TPSA) is 207 Å². The Morgan fingerprint density at radius 1 is 0.833 bits per heavy atom. The summed E-state index contributed by atoms with van der Waals surface area (Å²) in [6, 6.07) is 4.51. The summed E-state index contributed by atoms with van der Waals surface area (Å²) in [5, 5.41) is 0. The van der Waals surface area contributed by atoms with Crippen molar-refractivity contribution in [3.05, 3.63) is 23.8 Å². The molecule has 1 aromatic heterocycles. The Morgan fingerprint density at radius 3 is 1.72 bits per heavy atom. The van der Waals surface area contributed by atoms with Gasteiger partial charge in [-0.25, -0.2) is 8.42 Å². The van der Waals surface area contributed by atoms with Gasteiger partial charge in [0.2, 0.25) is 17.8 Å². The summed E-state index contributed by atoms with van der Waals surface area (Å²) in [7, 11) is -3.30. The SMILES string of the molecule is Cc1cc(S(C)(=O)=O)ccc1NNc1nc(N2C[C@H](N)C[C@H](N)C2)nc(N2C[C@H](N)C[C@H](N)C2)n1.Cl. The van der Waals surface area contributed by atoms with Gasteiger partial charge in [0.1, 0.15) is 0 Å². The molecule has 4 rings (SSSR count). The number of sulfone groups is 1. The van der Waals surface area contributed by atoms with Crippen molar-refractivity contribution in [1.82, 2.24) is 15.0 Å². The molecule has 0 amide bonds. The van der Waals surface area contributed by atoms with Crippen molar-refractivity contribution in [3.8, 4) is 0 Å². The Bertz CT molecular complexity index is 1100. The van der Waals surface area contributed by atoms with Crippen molar-refractivity contribution in [2.24, 2.45) is 22.9 Å². The maximum atomic E-state index is 11.8. The zero-order valence-electron chi connectivity index (χ0n) is 20.5. The first-order valence-electron chi connectivity index (χ1n) is 11.6. The van der Waals surface area contributed by atoms with E-state index in [2.05, 4.69) is 20.8 Å². The molecule has 2 saturated heterocycles. The number of nitrogens with zero attached hydrogens (tertiary/aromatic N) is 5. The molecule has 4 atom stereocenters. The molecule has 0 spiro atoms. The molecule has 3 heterocycles. The van der Waals surface area contributed by atoms with E-state index in [1.807, 2.05) is 16.7 Å². The number of halogens is 1. The number of hydrogen-bond donors (Lipinski definition) is 6. The molecule has 0 radical (unpaired) electrons. The molecule has 1 aromatic carbocycles. The van der Waals surface area contributed by atoms with Gasteiger partial charge >= 0.3 is 0 Å². The van der Waals surface area contributed by atoms with Gasteiger partial charge in [0, 0.05) is 56.6 Å². The lowest BCUT2D eigenvalue weighted by Gasteiger charge is -2.37. The normalized spacial score (nSPS) is 24.7. The van der Waals surface area contributed by atoms with Crippen molar-refractivity contribution < 1.29 is 8.42 Å². The van der Waals surface area contributed by atoms with Crippen molar-refractivity contribution >= 4 is 45.8 Å². The van der Waals surface area contributed by atoms with Crippen LogP contribution in [-0.4, -0.2) is 80.0 Å². The quantitative estimate of drug-likeness (QED) is 0.247. The average molecular weight is 542 g/mol. The Labute approximate surface area is 217 Å². The summed E-state index contributed by atoms with van der Waals surface area (Å²) in [6.45, 7) is 4.13. The highest BCUT2D eigenvalue weighted by atomic mass is 35.5. The summed E-state index contributed by atoms with van der Waals surface area (Å²) < 4.78 is 23.7. The molecule has 0 bridgehead atoms. The van der Waals surface area contributed by atoms with Gasteiger partial charge in [-0.1, -0.05) is 0 Å². The standard InChI is InChI=1S/C21H35N11O2S.ClH/c1-12-5-17(35(2,33)34)3-4-18(12)29-30-19-26-20(31-8-13(22)6-14(23)9-31)28-21(27-19)32-10-15(24)7-16(25)11-32;/h3-5,13-16,29H,6-11,22-25H2,1-2H3,(H,26,27,28,30);1H/t13-,14+,15-,16+;. The molecule has 2 aliphatic rings. The first-order valence-corrected chi connectivity index (χ1v) is 13.5. The first-order chi connectivity index (χ1) is 16.5. The average Bonchev–Trinajstić information content (AvgIpc) is 2.76. The lowest BCUT2D eigenvalue weighted by atomic mass is 10.0. The third kappa shape index (κ3) is 6.83. The number of rotatable bonds is 6. The highest BCUT2D eigenvalue weighted by Gasteiger charge is 2.28. The van der Waals surface area contributed by atoms with Gasteiger partial charge < -0.3 is 32.7 Å². The number of nitrogens with two attached hydrogens (primary N) is 4. The molecule has 13 nitrogen and oxygen atoms in total. The fourth-order valence-electron chi connectivity index (χ4n) is 4.51.